The van der Waals surface area contributed by atoms with E-state index < -0.39 is 17.2 Å². The third kappa shape index (κ3) is 3.50. The highest BCUT2D eigenvalue weighted by Gasteiger charge is 2.67. The zero-order valence-corrected chi connectivity index (χ0v) is 21.7. The Morgan fingerprint density at radius 2 is 1.97 bits per heavy atom. The van der Waals surface area contributed by atoms with Gasteiger partial charge in [0.1, 0.15) is 17.6 Å². The van der Waals surface area contributed by atoms with Crippen LogP contribution in [0.3, 0.4) is 0 Å². The van der Waals surface area contributed by atoms with Gasteiger partial charge in [0, 0.05) is 37.2 Å². The number of hydrogen-bond acceptors (Lipinski definition) is 6. The predicted molar refractivity (Wildman–Crippen MR) is 141 cm³/mol. The van der Waals surface area contributed by atoms with Gasteiger partial charge in [0.2, 0.25) is 0 Å². The molecule has 2 saturated heterocycles. The van der Waals surface area contributed by atoms with E-state index in [0.29, 0.717) is 36.4 Å². The molecule has 0 radical (unpaired) electrons. The molecule has 4 aliphatic heterocycles. The van der Waals surface area contributed by atoms with Gasteiger partial charge in [0.25, 0.3) is 17.6 Å². The van der Waals surface area contributed by atoms with Crippen molar-refractivity contribution in [2.24, 2.45) is 0 Å². The Bertz CT molecular complexity index is 1360. The first-order valence-electron chi connectivity index (χ1n) is 13.5. The summed E-state index contributed by atoms with van der Waals surface area (Å²) in [6.45, 7) is 5.13. The summed E-state index contributed by atoms with van der Waals surface area (Å²) in [5.74, 6) is -1.65. The number of fused-ring (bicyclic) bond motifs is 3. The predicted octanol–water partition coefficient (Wildman–Crippen LogP) is 3.91. The van der Waals surface area contributed by atoms with E-state index in [1.807, 2.05) is 26.0 Å². The summed E-state index contributed by atoms with van der Waals surface area (Å²) in [7, 11) is 0. The molecule has 38 heavy (non-hydrogen) atoms. The summed E-state index contributed by atoms with van der Waals surface area (Å²) in [5, 5.41) is 11.8. The summed E-state index contributed by atoms with van der Waals surface area (Å²) >= 11 is 0. The minimum Gasteiger partial charge on any atom is -0.507 e. The maximum atomic E-state index is 14.5. The van der Waals surface area contributed by atoms with Crippen LogP contribution in [0.4, 0.5) is 5.69 Å². The SMILES string of the molecule is CCCCN1C(=O)[C@@]2(C(=C(O)c3ccc4c(c3)C[C@H](C)O4)C(=O)C(=O)N2C[C@@H]2CCCO2)c2ccccc21. The molecule has 0 saturated carbocycles. The Kier molecular flexibility index (Phi) is 6.02. The van der Waals surface area contributed by atoms with Gasteiger partial charge in [-0.1, -0.05) is 31.5 Å². The Balaban J connectivity index is 1.57. The molecular formula is C30H32N2O6. The summed E-state index contributed by atoms with van der Waals surface area (Å²) < 4.78 is 11.6. The van der Waals surface area contributed by atoms with Gasteiger partial charge in [-0.15, -0.1) is 0 Å². The molecule has 0 aliphatic carbocycles. The largest absolute Gasteiger partial charge is 0.507 e. The van der Waals surface area contributed by atoms with E-state index in [1.165, 1.54) is 4.90 Å². The van der Waals surface area contributed by atoms with Crippen molar-refractivity contribution in [3.05, 3.63) is 64.7 Å². The number of aliphatic hydroxyl groups is 1. The molecule has 4 aliphatic rings. The fourth-order valence-electron chi connectivity index (χ4n) is 6.36. The van der Waals surface area contributed by atoms with Gasteiger partial charge in [-0.3, -0.25) is 14.4 Å². The van der Waals surface area contributed by atoms with Crippen molar-refractivity contribution in [2.45, 2.75) is 63.7 Å². The number of benzene rings is 2. The van der Waals surface area contributed by atoms with E-state index in [4.69, 9.17) is 9.47 Å². The number of para-hydroxylation sites is 1. The number of hydrogen-bond donors (Lipinski definition) is 1. The molecule has 2 fully saturated rings. The van der Waals surface area contributed by atoms with Crippen molar-refractivity contribution < 1.29 is 29.0 Å². The molecule has 8 heteroatoms. The topological polar surface area (TPSA) is 96.4 Å². The highest BCUT2D eigenvalue weighted by Crippen LogP contribution is 2.54. The summed E-state index contributed by atoms with van der Waals surface area (Å²) in [6.07, 6.45) is 3.61. The second kappa shape index (κ2) is 9.27. The summed E-state index contributed by atoms with van der Waals surface area (Å²) in [6, 6.07) is 12.5. The molecule has 0 unspecified atom stereocenters. The number of ketones is 1. The minimum atomic E-state index is -1.75. The van der Waals surface area contributed by atoms with Crippen LogP contribution in [0.2, 0.25) is 0 Å². The van der Waals surface area contributed by atoms with Crippen molar-refractivity contribution >= 4 is 29.0 Å². The lowest BCUT2D eigenvalue weighted by Gasteiger charge is -2.35. The first-order chi connectivity index (χ1) is 18.4. The van der Waals surface area contributed by atoms with Crippen LogP contribution < -0.4 is 9.64 Å². The number of rotatable bonds is 6. The highest BCUT2D eigenvalue weighted by atomic mass is 16.5. The van der Waals surface area contributed by atoms with Crippen molar-refractivity contribution in [1.82, 2.24) is 4.90 Å². The normalized spacial score (nSPS) is 27.4. The van der Waals surface area contributed by atoms with Crippen LogP contribution in [-0.4, -0.2) is 59.5 Å². The molecule has 3 atom stereocenters. The van der Waals surface area contributed by atoms with Crippen LogP contribution in [0, 0.1) is 0 Å². The Labute approximate surface area is 221 Å². The molecule has 0 bridgehead atoms. The number of anilines is 1. The van der Waals surface area contributed by atoms with Crippen LogP contribution in [0.5, 0.6) is 5.75 Å². The second-order valence-corrected chi connectivity index (χ2v) is 10.6. The van der Waals surface area contributed by atoms with E-state index in [-0.39, 0.29) is 36.0 Å². The maximum Gasteiger partial charge on any atom is 0.296 e. The molecule has 1 N–H and O–H groups in total. The average molecular weight is 517 g/mol. The van der Waals surface area contributed by atoms with Crippen molar-refractivity contribution in [3.8, 4) is 5.75 Å². The van der Waals surface area contributed by atoms with Gasteiger partial charge in [0.15, 0.2) is 5.54 Å². The minimum absolute atomic E-state index is 0.00777. The first kappa shape index (κ1) is 24.7. The quantitative estimate of drug-likeness (QED) is 0.355. The molecular weight excluding hydrogens is 484 g/mol. The smallest absolute Gasteiger partial charge is 0.296 e. The highest BCUT2D eigenvalue weighted by molar-refractivity contribution is 6.50. The maximum absolute atomic E-state index is 14.5. The van der Waals surface area contributed by atoms with Crippen LogP contribution in [-0.2, 0) is 31.1 Å². The third-order valence-electron chi connectivity index (χ3n) is 8.12. The molecule has 6 rings (SSSR count). The first-order valence-corrected chi connectivity index (χ1v) is 13.5. The fourth-order valence-corrected chi connectivity index (χ4v) is 6.36. The number of carbonyl (C=O) groups excluding carboxylic acids is 3. The van der Waals surface area contributed by atoms with Gasteiger partial charge in [-0.25, -0.2) is 0 Å². The van der Waals surface area contributed by atoms with Crippen LogP contribution in [0.25, 0.3) is 5.76 Å². The lowest BCUT2D eigenvalue weighted by Crippen LogP contribution is -2.54. The van der Waals surface area contributed by atoms with Crippen LogP contribution >= 0.6 is 0 Å². The molecule has 198 valence electrons. The van der Waals surface area contributed by atoms with E-state index in [1.54, 1.807) is 35.2 Å². The van der Waals surface area contributed by atoms with Gasteiger partial charge in [0.05, 0.1) is 17.4 Å². The zero-order valence-electron chi connectivity index (χ0n) is 21.7. The number of likely N-dealkylation sites (tertiary alicyclic amines) is 1. The number of Topliss-reactive ketones (excluding diaryl/α,β-unsaturated/α-hetero) is 1. The van der Waals surface area contributed by atoms with E-state index in [0.717, 1.165) is 37.0 Å². The molecule has 4 heterocycles. The second-order valence-electron chi connectivity index (χ2n) is 10.6. The van der Waals surface area contributed by atoms with Gasteiger partial charge >= 0.3 is 0 Å². The van der Waals surface area contributed by atoms with Crippen LogP contribution in [0.1, 0.15) is 56.2 Å². The van der Waals surface area contributed by atoms with Gasteiger partial charge in [-0.05, 0) is 56.0 Å². The zero-order chi connectivity index (χ0) is 26.6. The molecule has 2 aromatic carbocycles. The third-order valence-corrected chi connectivity index (χ3v) is 8.12. The molecule has 0 aromatic heterocycles. The molecule has 2 amide bonds. The molecule has 8 nitrogen and oxygen atoms in total. The van der Waals surface area contributed by atoms with Crippen molar-refractivity contribution in [3.63, 3.8) is 0 Å². The van der Waals surface area contributed by atoms with E-state index in [9.17, 15) is 19.5 Å². The Hall–Kier alpha value is -3.65. The summed E-state index contributed by atoms with van der Waals surface area (Å²) in [4.78, 5) is 45.0. The number of nitrogens with zero attached hydrogens (tertiary/aromatic N) is 2. The van der Waals surface area contributed by atoms with Crippen molar-refractivity contribution in [2.75, 3.05) is 24.6 Å². The van der Waals surface area contributed by atoms with Gasteiger partial charge in [-0.2, -0.15) is 0 Å². The number of amides is 2. The van der Waals surface area contributed by atoms with E-state index in [2.05, 4.69) is 0 Å². The van der Waals surface area contributed by atoms with Crippen LogP contribution in [0.15, 0.2) is 48.0 Å². The fraction of sp³-hybridized carbons (Fsp3) is 0.433. The van der Waals surface area contributed by atoms with Gasteiger partial charge < -0.3 is 24.4 Å². The average Bonchev–Trinajstić information content (AvgIpc) is 3.66. The number of aliphatic hydroxyl groups excluding tert-OH is 1. The lowest BCUT2D eigenvalue weighted by atomic mass is 9.81. The summed E-state index contributed by atoms with van der Waals surface area (Å²) in [5.41, 5.74) is 0.561. The molecule has 1 spiro atoms. The lowest BCUT2D eigenvalue weighted by molar-refractivity contribution is -0.145. The number of carbonyl (C=O) groups is 3. The standard InChI is InChI=1S/C30H32N2O6/c1-3-4-13-31-23-10-6-5-9-22(23)30(29(31)36)25(27(34)28(35)32(30)17-21-8-7-14-37-21)26(33)19-11-12-24-20(16-19)15-18(2)38-24/h5-6,9-12,16,18,21,33H,3-4,7-8,13-15,17H2,1-2H3/t18-,21-,30-/m0/s1. The Morgan fingerprint density at radius 1 is 1.16 bits per heavy atom. The van der Waals surface area contributed by atoms with E-state index >= 15 is 0 Å². The Morgan fingerprint density at radius 3 is 2.74 bits per heavy atom. The molecule has 2 aromatic rings. The van der Waals surface area contributed by atoms with Crippen molar-refractivity contribution in [1.29, 1.82) is 0 Å². The number of ether oxygens (including phenoxy) is 2. The monoisotopic (exact) mass is 516 g/mol. The number of unbranched alkanes of at least 4 members (excludes halogenated alkanes) is 1.